The fourth-order valence-electron chi connectivity index (χ4n) is 4.88. The smallest absolute Gasteiger partial charge is 0.261 e. The van der Waals surface area contributed by atoms with E-state index in [9.17, 15) is 14.9 Å². The molecule has 0 saturated carbocycles. The molecule has 0 fully saturated rings. The van der Waals surface area contributed by atoms with Crippen LogP contribution in [-0.2, 0) is 4.79 Å². The van der Waals surface area contributed by atoms with E-state index in [2.05, 4.69) is 20.6 Å². The molecular formula is C27H23ClN6O3. The Kier molecular flexibility index (Phi) is 6.05. The average Bonchev–Trinajstić information content (AvgIpc) is 3.41. The van der Waals surface area contributed by atoms with E-state index in [4.69, 9.17) is 22.1 Å². The van der Waals surface area contributed by atoms with E-state index >= 15 is 0 Å². The molecule has 186 valence electrons. The van der Waals surface area contributed by atoms with Crippen LogP contribution >= 0.6 is 11.6 Å². The molecule has 0 bridgehead atoms. The van der Waals surface area contributed by atoms with Crippen LogP contribution in [0.4, 0.5) is 5.95 Å². The molecule has 1 aliphatic carbocycles. The number of ether oxygens (including phenoxy) is 1. The van der Waals surface area contributed by atoms with Gasteiger partial charge in [-0.15, -0.1) is 0 Å². The number of allylic oxidation sites excluding steroid dienone is 3. The van der Waals surface area contributed by atoms with E-state index < -0.39 is 6.04 Å². The molecule has 0 saturated heterocycles. The van der Waals surface area contributed by atoms with Crippen molar-refractivity contribution in [1.29, 1.82) is 5.26 Å². The zero-order chi connectivity index (χ0) is 26.4. The van der Waals surface area contributed by atoms with Crippen molar-refractivity contribution >= 4 is 29.2 Å². The summed E-state index contributed by atoms with van der Waals surface area (Å²) in [5, 5.41) is 9.38. The normalized spacial score (nSPS) is 17.0. The molecule has 1 atom stereocenters. The van der Waals surface area contributed by atoms with E-state index in [1.54, 1.807) is 29.3 Å². The predicted octanol–water partition coefficient (Wildman–Crippen LogP) is 4.51. The number of hydrogen-bond donors (Lipinski definition) is 1. The highest BCUT2D eigenvalue weighted by molar-refractivity contribution is 6.43. The van der Waals surface area contributed by atoms with Gasteiger partial charge in [-0.25, -0.2) is 4.98 Å². The molecule has 2 aromatic heterocycles. The molecule has 2 N–H and O–H groups in total. The second-order valence-electron chi connectivity index (χ2n) is 9.00. The molecule has 2 aliphatic rings. The average molecular weight is 515 g/mol. The number of benzene rings is 1. The Hall–Kier alpha value is -4.42. The van der Waals surface area contributed by atoms with Crippen LogP contribution in [0.5, 0.6) is 5.88 Å². The number of anilines is 1. The fraction of sp³-hybridized carbons (Fsp3) is 0.222. The minimum Gasteiger partial charge on any atom is -0.480 e. The molecule has 3 heterocycles. The number of rotatable bonds is 5. The Labute approximate surface area is 218 Å². The minimum absolute atomic E-state index is 0.0596. The molecule has 1 amide bonds. The molecule has 9 nitrogen and oxygen atoms in total. The monoisotopic (exact) mass is 514 g/mol. The van der Waals surface area contributed by atoms with Gasteiger partial charge >= 0.3 is 0 Å². The summed E-state index contributed by atoms with van der Waals surface area (Å²) in [4.78, 5) is 36.1. The Morgan fingerprint density at radius 1 is 1.22 bits per heavy atom. The van der Waals surface area contributed by atoms with Crippen molar-refractivity contribution in [3.05, 3.63) is 81.8 Å². The number of ketones is 1. The number of methoxy groups -OCH3 is 1. The summed E-state index contributed by atoms with van der Waals surface area (Å²) in [5.74, 6) is -0.0560. The Balaban J connectivity index is 1.76. The van der Waals surface area contributed by atoms with Crippen LogP contribution in [0.25, 0.3) is 11.3 Å². The number of nitrogen functional groups attached to an aromatic ring is 1. The first-order valence-corrected chi connectivity index (χ1v) is 12.0. The third-order valence-electron chi connectivity index (χ3n) is 6.47. The number of amides is 1. The molecule has 3 aromatic rings. The number of nitrogens with zero attached hydrogens (tertiary/aromatic N) is 5. The summed E-state index contributed by atoms with van der Waals surface area (Å²) in [6.07, 6.45) is 4.94. The highest BCUT2D eigenvalue weighted by Gasteiger charge is 2.44. The SMILES string of the molecule is COc1nc(N)ncc1-c1cc2c(n1C(C)C)C(c1ccc(C#N)cc1)N(C1=CCC(=O)C(Cl)=C1)C2=O. The zero-order valence-electron chi connectivity index (χ0n) is 20.4. The Morgan fingerprint density at radius 2 is 1.95 bits per heavy atom. The summed E-state index contributed by atoms with van der Waals surface area (Å²) in [6, 6.07) is 10.5. The standard InChI is InChI=1S/C27H23ClN6O3/c1-14(2)33-21(19-13-31-27(30)32-25(19)37-3)11-18-24(33)23(16-6-4-15(12-29)5-7-16)34(26(18)36)17-8-9-22(35)20(28)10-17/h4-8,10-11,13-14,23H,9H2,1-3H3,(H2,30,31,32). The third-order valence-corrected chi connectivity index (χ3v) is 6.79. The van der Waals surface area contributed by atoms with Gasteiger partial charge in [-0.3, -0.25) is 14.5 Å². The number of carbonyl (C=O) groups is 2. The summed E-state index contributed by atoms with van der Waals surface area (Å²) >= 11 is 6.19. The van der Waals surface area contributed by atoms with Crippen molar-refractivity contribution in [2.45, 2.75) is 32.4 Å². The number of halogens is 1. The van der Waals surface area contributed by atoms with Gasteiger partial charge in [0.25, 0.3) is 5.91 Å². The van der Waals surface area contributed by atoms with E-state index in [0.29, 0.717) is 34.0 Å². The van der Waals surface area contributed by atoms with Gasteiger partial charge in [0.2, 0.25) is 11.8 Å². The lowest BCUT2D eigenvalue weighted by atomic mass is 10.0. The molecule has 10 heteroatoms. The van der Waals surface area contributed by atoms with Crippen LogP contribution in [0.3, 0.4) is 0 Å². The summed E-state index contributed by atoms with van der Waals surface area (Å²) in [6.45, 7) is 4.04. The first-order chi connectivity index (χ1) is 17.7. The van der Waals surface area contributed by atoms with Gasteiger partial charge in [-0.1, -0.05) is 29.8 Å². The van der Waals surface area contributed by atoms with Gasteiger partial charge < -0.3 is 15.0 Å². The molecule has 1 aromatic carbocycles. The van der Waals surface area contributed by atoms with Gasteiger partial charge in [0, 0.05) is 24.4 Å². The largest absolute Gasteiger partial charge is 0.480 e. The molecule has 1 aliphatic heterocycles. The topological polar surface area (TPSA) is 127 Å². The summed E-state index contributed by atoms with van der Waals surface area (Å²) in [5.41, 5.74) is 10.2. The second kappa shape index (κ2) is 9.22. The molecule has 37 heavy (non-hydrogen) atoms. The molecular weight excluding hydrogens is 492 g/mol. The number of hydrogen-bond acceptors (Lipinski definition) is 7. The molecule has 5 rings (SSSR count). The van der Waals surface area contributed by atoms with Gasteiger partial charge in [0.1, 0.15) is 6.04 Å². The Morgan fingerprint density at radius 3 is 2.57 bits per heavy atom. The van der Waals surface area contributed by atoms with Gasteiger partial charge in [-0.2, -0.15) is 10.2 Å². The van der Waals surface area contributed by atoms with Crippen LogP contribution in [0.2, 0.25) is 0 Å². The van der Waals surface area contributed by atoms with E-state index in [0.717, 1.165) is 11.3 Å². The van der Waals surface area contributed by atoms with Crippen molar-refractivity contribution in [2.24, 2.45) is 0 Å². The molecule has 0 spiro atoms. The number of Topliss-reactive ketones (excluding diaryl/α,β-unsaturated/α-hetero) is 1. The van der Waals surface area contributed by atoms with E-state index in [1.165, 1.54) is 13.2 Å². The second-order valence-corrected chi connectivity index (χ2v) is 9.41. The van der Waals surface area contributed by atoms with Crippen molar-refractivity contribution in [2.75, 3.05) is 12.8 Å². The minimum atomic E-state index is -0.535. The number of nitrogens with two attached hydrogens (primary N) is 1. The lowest BCUT2D eigenvalue weighted by Crippen LogP contribution is -2.30. The van der Waals surface area contributed by atoms with Crippen molar-refractivity contribution in [3.63, 3.8) is 0 Å². The van der Waals surface area contributed by atoms with Gasteiger partial charge in [0.15, 0.2) is 5.78 Å². The van der Waals surface area contributed by atoms with Crippen LogP contribution < -0.4 is 10.5 Å². The molecule has 1 unspecified atom stereocenters. The number of nitriles is 1. The van der Waals surface area contributed by atoms with Crippen LogP contribution in [-0.4, -0.2) is 38.2 Å². The maximum Gasteiger partial charge on any atom is 0.261 e. The van der Waals surface area contributed by atoms with Crippen molar-refractivity contribution in [1.82, 2.24) is 19.4 Å². The zero-order valence-corrected chi connectivity index (χ0v) is 21.2. The number of fused-ring (bicyclic) bond motifs is 1. The van der Waals surface area contributed by atoms with Crippen molar-refractivity contribution in [3.8, 4) is 23.2 Å². The van der Waals surface area contributed by atoms with E-state index in [-0.39, 0.29) is 35.1 Å². The first kappa shape index (κ1) is 24.3. The maximum atomic E-state index is 14.0. The number of aromatic nitrogens is 3. The lowest BCUT2D eigenvalue weighted by Gasteiger charge is -2.30. The van der Waals surface area contributed by atoms with Crippen LogP contribution in [0, 0.1) is 11.3 Å². The summed E-state index contributed by atoms with van der Waals surface area (Å²) < 4.78 is 7.55. The van der Waals surface area contributed by atoms with Gasteiger partial charge in [-0.05, 0) is 43.7 Å². The maximum absolute atomic E-state index is 14.0. The predicted molar refractivity (Wildman–Crippen MR) is 138 cm³/mol. The highest BCUT2D eigenvalue weighted by atomic mass is 35.5. The first-order valence-electron chi connectivity index (χ1n) is 11.6. The van der Waals surface area contributed by atoms with Gasteiger partial charge in [0.05, 0.1) is 46.3 Å². The number of carbonyl (C=O) groups excluding carboxylic acids is 2. The van der Waals surface area contributed by atoms with Crippen LogP contribution in [0.15, 0.2) is 59.4 Å². The fourth-order valence-corrected chi connectivity index (χ4v) is 5.07. The summed E-state index contributed by atoms with van der Waals surface area (Å²) in [7, 11) is 1.50. The van der Waals surface area contributed by atoms with E-state index in [1.807, 2.05) is 32.0 Å². The third kappa shape index (κ3) is 3.96. The molecule has 0 radical (unpaired) electrons. The van der Waals surface area contributed by atoms with Crippen LogP contribution in [0.1, 0.15) is 59.5 Å². The quantitative estimate of drug-likeness (QED) is 0.530. The lowest BCUT2D eigenvalue weighted by molar-refractivity contribution is -0.114. The Bertz CT molecular complexity index is 1550. The highest BCUT2D eigenvalue weighted by Crippen LogP contribution is 2.47. The van der Waals surface area contributed by atoms with Crippen molar-refractivity contribution < 1.29 is 14.3 Å².